The van der Waals surface area contributed by atoms with Gasteiger partial charge in [0.1, 0.15) is 0 Å². The van der Waals surface area contributed by atoms with Crippen LogP contribution in [-0.4, -0.2) is 105 Å². The van der Waals surface area contributed by atoms with E-state index in [1.165, 1.54) is 15.5 Å². The van der Waals surface area contributed by atoms with Gasteiger partial charge in [-0.3, -0.25) is 4.90 Å². The number of amides is 4. The van der Waals surface area contributed by atoms with Gasteiger partial charge in [0.05, 0.1) is 12.3 Å². The van der Waals surface area contributed by atoms with Crippen molar-refractivity contribution >= 4 is 62.6 Å². The zero-order valence-electron chi connectivity index (χ0n) is 21.3. The summed E-state index contributed by atoms with van der Waals surface area (Å²) in [6.07, 6.45) is 1.17. The molecule has 2 fully saturated rings. The Morgan fingerprint density at radius 2 is 1.42 bits per heavy atom. The summed E-state index contributed by atoms with van der Waals surface area (Å²) in [5.41, 5.74) is 1.52. The summed E-state index contributed by atoms with van der Waals surface area (Å²) in [5.74, 6) is -0.154. The number of rotatable bonds is 4. The fourth-order valence-electron chi connectivity index (χ4n) is 5.01. The molecule has 2 aliphatic rings. The number of urea groups is 2. The van der Waals surface area contributed by atoms with E-state index in [1.807, 2.05) is 12.1 Å². The Morgan fingerprint density at radius 1 is 0.842 bits per heavy atom. The lowest BCUT2D eigenvalue weighted by molar-refractivity contribution is 0.139. The molecule has 0 unspecified atom stereocenters. The molecule has 206 valence electrons. The van der Waals surface area contributed by atoms with Crippen molar-refractivity contribution in [2.75, 3.05) is 64.5 Å². The van der Waals surface area contributed by atoms with Gasteiger partial charge in [0.25, 0.3) is 0 Å². The summed E-state index contributed by atoms with van der Waals surface area (Å²) >= 11 is 18.4. The van der Waals surface area contributed by atoms with E-state index in [1.54, 1.807) is 59.1 Å². The van der Waals surface area contributed by atoms with Gasteiger partial charge in [0, 0.05) is 80.0 Å². The highest BCUT2D eigenvalue weighted by Crippen LogP contribution is 2.34. The fourth-order valence-corrected chi connectivity index (χ4v) is 6.47. The summed E-state index contributed by atoms with van der Waals surface area (Å²) in [6.45, 7) is 1.87. The largest absolute Gasteiger partial charge is 0.324 e. The molecule has 0 bridgehead atoms. The normalized spacial score (nSPS) is 20.5. The lowest BCUT2D eigenvalue weighted by Gasteiger charge is -2.35. The molecule has 0 radical (unpaired) electrons. The number of sulfonamides is 1. The number of hydrogen-bond donors (Lipinski definition) is 0. The molecule has 0 aliphatic carbocycles. The lowest BCUT2D eigenvalue weighted by Crippen LogP contribution is -2.54. The molecule has 0 saturated carbocycles. The monoisotopic (exact) mass is 601 g/mol. The number of piperazine rings is 1. The Labute approximate surface area is 238 Å². The number of carbonyl (C=O) groups excluding carboxylic acids is 2. The first kappa shape index (κ1) is 28.8. The van der Waals surface area contributed by atoms with E-state index in [0.29, 0.717) is 46.9 Å². The summed E-state index contributed by atoms with van der Waals surface area (Å²) in [5, 5.41) is 1.44. The van der Waals surface area contributed by atoms with Crippen LogP contribution in [0, 0.1) is 0 Å². The van der Waals surface area contributed by atoms with Gasteiger partial charge in [-0.1, -0.05) is 46.9 Å². The maximum atomic E-state index is 13.6. The van der Waals surface area contributed by atoms with Crippen molar-refractivity contribution in [2.45, 2.75) is 12.0 Å². The fraction of sp³-hybridized carbons (Fsp3) is 0.440. The van der Waals surface area contributed by atoms with Crippen molar-refractivity contribution in [3.05, 3.63) is 63.1 Å². The van der Waals surface area contributed by atoms with Gasteiger partial charge < -0.3 is 14.7 Å². The first-order valence-electron chi connectivity index (χ1n) is 12.1. The molecule has 2 saturated heterocycles. The SMILES string of the molecule is CN(C(=O)N(C)[C@@H]1CN(C(=O)N2CCN(S(C)(=O)=O)CC2)C[C@H]1c1ccc(Cl)cc1)c1cc(Cl)cc(Cl)c1. The lowest BCUT2D eigenvalue weighted by atomic mass is 9.93. The van der Waals surface area contributed by atoms with Gasteiger partial charge in [0.2, 0.25) is 10.0 Å². The Balaban J connectivity index is 1.55. The van der Waals surface area contributed by atoms with Crippen LogP contribution in [0.3, 0.4) is 0 Å². The van der Waals surface area contributed by atoms with Gasteiger partial charge >= 0.3 is 12.1 Å². The standard InChI is InChI=1S/C25H30Cl3N5O4S/c1-29(21-13-19(27)12-20(28)14-21)24(34)30(2)23-16-32(15-22(23)17-4-6-18(26)7-5-17)25(35)31-8-10-33(11-9-31)38(3,36)37/h4-7,12-14,22-23H,8-11,15-16H2,1-3H3/t22-,23+/m0/s1. The van der Waals surface area contributed by atoms with Crippen molar-refractivity contribution in [1.82, 2.24) is 19.0 Å². The number of likely N-dealkylation sites (N-methyl/N-ethyl adjacent to an activating group) is 1. The molecule has 0 spiro atoms. The molecular formula is C25H30Cl3N5O4S. The highest BCUT2D eigenvalue weighted by atomic mass is 35.5. The molecule has 38 heavy (non-hydrogen) atoms. The van der Waals surface area contributed by atoms with Gasteiger partial charge in [-0.05, 0) is 35.9 Å². The molecule has 2 heterocycles. The van der Waals surface area contributed by atoms with Crippen LogP contribution in [0.15, 0.2) is 42.5 Å². The third-order valence-corrected chi connectivity index (χ3v) is 9.15. The van der Waals surface area contributed by atoms with Crippen LogP contribution in [0.1, 0.15) is 11.5 Å². The summed E-state index contributed by atoms with van der Waals surface area (Å²) in [6, 6.07) is 11.6. The molecule has 0 aromatic heterocycles. The Hall–Kier alpha value is -2.24. The second-order valence-corrected chi connectivity index (χ2v) is 12.9. The molecule has 4 amide bonds. The average molecular weight is 603 g/mol. The van der Waals surface area contributed by atoms with Crippen molar-refractivity contribution in [2.24, 2.45) is 0 Å². The van der Waals surface area contributed by atoms with Gasteiger partial charge in [-0.25, -0.2) is 18.0 Å². The number of anilines is 1. The molecular weight excluding hydrogens is 573 g/mol. The zero-order chi connectivity index (χ0) is 27.8. The van der Waals surface area contributed by atoms with Gasteiger partial charge in [0.15, 0.2) is 0 Å². The van der Waals surface area contributed by atoms with Crippen LogP contribution in [0.25, 0.3) is 0 Å². The first-order valence-corrected chi connectivity index (χ1v) is 15.0. The summed E-state index contributed by atoms with van der Waals surface area (Å²) in [7, 11) is 0.0669. The third-order valence-electron chi connectivity index (χ3n) is 7.16. The van der Waals surface area contributed by atoms with E-state index in [4.69, 9.17) is 34.8 Å². The van der Waals surface area contributed by atoms with E-state index in [0.717, 1.165) is 5.56 Å². The minimum absolute atomic E-state index is 0.154. The molecule has 2 aromatic carbocycles. The van der Waals surface area contributed by atoms with Crippen LogP contribution >= 0.6 is 34.8 Å². The van der Waals surface area contributed by atoms with Crippen molar-refractivity contribution in [1.29, 1.82) is 0 Å². The summed E-state index contributed by atoms with van der Waals surface area (Å²) < 4.78 is 25.1. The summed E-state index contributed by atoms with van der Waals surface area (Å²) in [4.78, 5) is 33.6. The Bertz CT molecular complexity index is 1280. The van der Waals surface area contributed by atoms with Gasteiger partial charge in [-0.15, -0.1) is 0 Å². The van der Waals surface area contributed by atoms with E-state index in [2.05, 4.69) is 0 Å². The van der Waals surface area contributed by atoms with E-state index >= 15 is 0 Å². The smallest absolute Gasteiger partial charge is 0.322 e. The van der Waals surface area contributed by atoms with E-state index in [-0.39, 0.29) is 37.1 Å². The van der Waals surface area contributed by atoms with Gasteiger partial charge in [-0.2, -0.15) is 4.31 Å². The number of halogens is 3. The minimum Gasteiger partial charge on any atom is -0.322 e. The van der Waals surface area contributed by atoms with Crippen LogP contribution in [0.2, 0.25) is 15.1 Å². The number of nitrogens with zero attached hydrogens (tertiary/aromatic N) is 5. The maximum absolute atomic E-state index is 13.6. The molecule has 2 atom stereocenters. The Morgan fingerprint density at radius 3 is 1.97 bits per heavy atom. The highest BCUT2D eigenvalue weighted by molar-refractivity contribution is 7.88. The average Bonchev–Trinajstić information content (AvgIpc) is 3.32. The van der Waals surface area contributed by atoms with Crippen LogP contribution in [-0.2, 0) is 10.0 Å². The predicted octanol–water partition coefficient (Wildman–Crippen LogP) is 4.30. The molecule has 9 nitrogen and oxygen atoms in total. The number of likely N-dealkylation sites (tertiary alicyclic amines) is 1. The molecule has 2 aliphatic heterocycles. The van der Waals surface area contributed by atoms with Crippen LogP contribution in [0.4, 0.5) is 15.3 Å². The number of carbonyl (C=O) groups is 2. The molecule has 13 heteroatoms. The van der Waals surface area contributed by atoms with Crippen molar-refractivity contribution < 1.29 is 18.0 Å². The minimum atomic E-state index is -3.30. The quantitative estimate of drug-likeness (QED) is 0.523. The highest BCUT2D eigenvalue weighted by Gasteiger charge is 2.42. The van der Waals surface area contributed by atoms with E-state index in [9.17, 15) is 18.0 Å². The zero-order valence-corrected chi connectivity index (χ0v) is 24.4. The Kier molecular flexibility index (Phi) is 8.68. The van der Waals surface area contributed by atoms with E-state index < -0.39 is 10.0 Å². The van der Waals surface area contributed by atoms with Crippen molar-refractivity contribution in [3.8, 4) is 0 Å². The second-order valence-electron chi connectivity index (χ2n) is 9.64. The third kappa shape index (κ3) is 6.31. The second kappa shape index (κ2) is 11.5. The van der Waals surface area contributed by atoms with Crippen LogP contribution in [0.5, 0.6) is 0 Å². The first-order chi connectivity index (χ1) is 17.8. The predicted molar refractivity (Wildman–Crippen MR) is 151 cm³/mol. The van der Waals surface area contributed by atoms with Crippen LogP contribution < -0.4 is 4.90 Å². The molecule has 4 rings (SSSR count). The molecule has 0 N–H and O–H groups in total. The number of benzene rings is 2. The maximum Gasteiger partial charge on any atom is 0.324 e. The number of hydrogen-bond acceptors (Lipinski definition) is 4. The van der Waals surface area contributed by atoms with Crippen molar-refractivity contribution in [3.63, 3.8) is 0 Å². The topological polar surface area (TPSA) is 84.5 Å². The molecule has 2 aromatic rings.